The molecule has 0 radical (unpaired) electrons. The molecule has 0 saturated carbocycles. The Kier molecular flexibility index (Phi) is 8.41. The summed E-state index contributed by atoms with van der Waals surface area (Å²) in [5, 5.41) is 7.11. The van der Waals surface area contributed by atoms with Crippen LogP contribution < -0.4 is 15.5 Å². The quantitative estimate of drug-likeness (QED) is 0.365. The van der Waals surface area contributed by atoms with Crippen molar-refractivity contribution in [1.82, 2.24) is 10.2 Å². The van der Waals surface area contributed by atoms with Crippen LogP contribution in [-0.2, 0) is 4.79 Å². The summed E-state index contributed by atoms with van der Waals surface area (Å²) in [5.41, 5.74) is 2.13. The van der Waals surface area contributed by atoms with Gasteiger partial charge in [-0.2, -0.15) is 0 Å². The van der Waals surface area contributed by atoms with Gasteiger partial charge >= 0.3 is 0 Å². The van der Waals surface area contributed by atoms with Gasteiger partial charge in [0.25, 0.3) is 5.91 Å². The summed E-state index contributed by atoms with van der Waals surface area (Å²) in [6, 6.07) is 13.7. The molecule has 2 heterocycles. The fourth-order valence-corrected chi connectivity index (χ4v) is 4.89. The van der Waals surface area contributed by atoms with Crippen molar-refractivity contribution in [3.8, 4) is 11.3 Å². The van der Waals surface area contributed by atoms with E-state index in [1.54, 1.807) is 30.3 Å². The van der Waals surface area contributed by atoms with Crippen LogP contribution in [0.1, 0.15) is 23.9 Å². The fourth-order valence-electron chi connectivity index (χ4n) is 3.88. The van der Waals surface area contributed by atoms with E-state index in [9.17, 15) is 9.59 Å². The SMILES string of the molecule is CCC(=O)N1CCN(c2ccc(NC(=S)NC(=O)c3ccc(-c4ccc(Cl)cc4Cl)o3)cc2Cl)CC1. The Hall–Kier alpha value is -2.78. The van der Waals surface area contributed by atoms with E-state index in [-0.39, 0.29) is 16.8 Å². The first-order valence-electron chi connectivity index (χ1n) is 11.2. The zero-order valence-electron chi connectivity index (χ0n) is 19.3. The van der Waals surface area contributed by atoms with Gasteiger partial charge in [0.1, 0.15) is 5.76 Å². The second-order valence-corrected chi connectivity index (χ2v) is 9.74. The molecule has 1 fully saturated rings. The van der Waals surface area contributed by atoms with Gasteiger partial charge in [-0.1, -0.05) is 41.7 Å². The zero-order chi connectivity index (χ0) is 25.8. The number of rotatable bonds is 5. The summed E-state index contributed by atoms with van der Waals surface area (Å²) in [4.78, 5) is 28.5. The van der Waals surface area contributed by atoms with E-state index in [4.69, 9.17) is 51.4 Å². The van der Waals surface area contributed by atoms with Gasteiger partial charge < -0.3 is 19.5 Å². The van der Waals surface area contributed by atoms with E-state index in [1.807, 2.05) is 24.0 Å². The van der Waals surface area contributed by atoms with Crippen LogP contribution in [-0.4, -0.2) is 48.0 Å². The van der Waals surface area contributed by atoms with E-state index < -0.39 is 5.91 Å². The van der Waals surface area contributed by atoms with E-state index in [0.29, 0.717) is 64.7 Å². The van der Waals surface area contributed by atoms with Crippen LogP contribution in [0, 0.1) is 0 Å². The zero-order valence-corrected chi connectivity index (χ0v) is 22.4. The molecule has 4 rings (SSSR count). The molecule has 7 nitrogen and oxygen atoms in total. The second-order valence-electron chi connectivity index (χ2n) is 8.08. The molecule has 1 aromatic heterocycles. The number of furan rings is 1. The molecule has 2 amide bonds. The standard InChI is InChI=1S/C25H23Cl3N4O3S/c1-2-23(33)32-11-9-31(10-12-32)20-6-4-16(14-19(20)28)29-25(36)30-24(34)22-8-7-21(35-22)17-5-3-15(26)13-18(17)27/h3-8,13-14H,2,9-12H2,1H3,(H2,29,30,34,36). The topological polar surface area (TPSA) is 77.8 Å². The number of anilines is 2. The lowest BCUT2D eigenvalue weighted by Gasteiger charge is -2.36. The lowest BCUT2D eigenvalue weighted by Crippen LogP contribution is -2.48. The van der Waals surface area contributed by atoms with Gasteiger partial charge in [0.15, 0.2) is 10.9 Å². The molecular formula is C25H23Cl3N4O3S. The van der Waals surface area contributed by atoms with E-state index in [0.717, 1.165) is 5.69 Å². The first kappa shape index (κ1) is 26.3. The maximum atomic E-state index is 12.6. The summed E-state index contributed by atoms with van der Waals surface area (Å²) >= 11 is 24.0. The first-order chi connectivity index (χ1) is 17.2. The smallest absolute Gasteiger partial charge is 0.293 e. The van der Waals surface area contributed by atoms with Crippen LogP contribution in [0.25, 0.3) is 11.3 Å². The Bertz CT molecular complexity index is 1310. The van der Waals surface area contributed by atoms with E-state index in [1.165, 1.54) is 6.07 Å². The van der Waals surface area contributed by atoms with Gasteiger partial charge in [-0.3, -0.25) is 14.9 Å². The van der Waals surface area contributed by atoms with Gasteiger partial charge in [-0.25, -0.2) is 0 Å². The normalized spacial score (nSPS) is 13.4. The minimum atomic E-state index is -0.508. The highest BCUT2D eigenvalue weighted by Gasteiger charge is 2.22. The summed E-state index contributed by atoms with van der Waals surface area (Å²) in [6.07, 6.45) is 0.509. The highest BCUT2D eigenvalue weighted by atomic mass is 35.5. The number of hydrogen-bond donors (Lipinski definition) is 2. The van der Waals surface area contributed by atoms with Crippen molar-refractivity contribution in [1.29, 1.82) is 0 Å². The molecular weight excluding hydrogens is 543 g/mol. The Labute approximate surface area is 229 Å². The molecule has 188 valence electrons. The molecule has 1 aliphatic rings. The summed E-state index contributed by atoms with van der Waals surface area (Å²) in [6.45, 7) is 4.61. The molecule has 2 N–H and O–H groups in total. The molecule has 36 heavy (non-hydrogen) atoms. The molecule has 0 atom stereocenters. The first-order valence-corrected chi connectivity index (χ1v) is 12.8. The van der Waals surface area contributed by atoms with E-state index in [2.05, 4.69) is 15.5 Å². The molecule has 11 heteroatoms. The Morgan fingerprint density at radius 3 is 2.39 bits per heavy atom. The highest BCUT2D eigenvalue weighted by Crippen LogP contribution is 2.32. The average Bonchev–Trinajstić information content (AvgIpc) is 3.34. The van der Waals surface area contributed by atoms with Crippen LogP contribution in [0.3, 0.4) is 0 Å². The maximum absolute atomic E-state index is 12.6. The van der Waals surface area contributed by atoms with Gasteiger partial charge in [0.05, 0.1) is 15.7 Å². The number of carbonyl (C=O) groups excluding carboxylic acids is 2. The summed E-state index contributed by atoms with van der Waals surface area (Å²) < 4.78 is 5.66. The maximum Gasteiger partial charge on any atom is 0.293 e. The van der Waals surface area contributed by atoms with Crippen molar-refractivity contribution in [3.05, 3.63) is 69.4 Å². The minimum Gasteiger partial charge on any atom is -0.451 e. The number of amides is 2. The predicted molar refractivity (Wildman–Crippen MR) is 148 cm³/mol. The molecule has 1 saturated heterocycles. The van der Waals surface area contributed by atoms with Crippen molar-refractivity contribution in [2.24, 2.45) is 0 Å². The minimum absolute atomic E-state index is 0.0780. The lowest BCUT2D eigenvalue weighted by molar-refractivity contribution is -0.131. The second kappa shape index (κ2) is 11.5. The number of nitrogens with zero attached hydrogens (tertiary/aromatic N) is 2. The van der Waals surface area contributed by atoms with Gasteiger partial charge in [0, 0.05) is 48.9 Å². The predicted octanol–water partition coefficient (Wildman–Crippen LogP) is 6.09. The Balaban J connectivity index is 1.34. The van der Waals surface area contributed by atoms with Crippen LogP contribution >= 0.6 is 47.0 Å². The number of thiocarbonyl (C=S) groups is 1. The monoisotopic (exact) mass is 564 g/mol. The van der Waals surface area contributed by atoms with Crippen LogP contribution in [0.4, 0.5) is 11.4 Å². The number of piperazine rings is 1. The third-order valence-corrected chi connectivity index (χ3v) is 6.79. The molecule has 1 aliphatic heterocycles. The molecule has 3 aromatic rings. The number of nitrogens with one attached hydrogen (secondary N) is 2. The number of hydrogen-bond acceptors (Lipinski definition) is 5. The summed E-state index contributed by atoms with van der Waals surface area (Å²) in [7, 11) is 0. The van der Waals surface area contributed by atoms with Crippen molar-refractivity contribution < 1.29 is 14.0 Å². The number of halogens is 3. The third kappa shape index (κ3) is 6.13. The van der Waals surface area contributed by atoms with Crippen LogP contribution in [0.2, 0.25) is 15.1 Å². The van der Waals surface area contributed by atoms with Crippen molar-refractivity contribution in [2.45, 2.75) is 13.3 Å². The van der Waals surface area contributed by atoms with Gasteiger partial charge in [0.2, 0.25) is 5.91 Å². The van der Waals surface area contributed by atoms with Gasteiger partial charge in [-0.15, -0.1) is 0 Å². The fraction of sp³-hybridized carbons (Fsp3) is 0.240. The van der Waals surface area contributed by atoms with E-state index >= 15 is 0 Å². The van der Waals surface area contributed by atoms with Crippen LogP contribution in [0.5, 0.6) is 0 Å². The van der Waals surface area contributed by atoms with Crippen molar-refractivity contribution in [2.75, 3.05) is 36.4 Å². The number of benzene rings is 2. The Morgan fingerprint density at radius 2 is 1.72 bits per heavy atom. The lowest BCUT2D eigenvalue weighted by atomic mass is 10.2. The molecule has 0 aliphatic carbocycles. The molecule has 0 unspecified atom stereocenters. The molecule has 2 aromatic carbocycles. The van der Waals surface area contributed by atoms with Crippen molar-refractivity contribution >= 4 is 75.3 Å². The van der Waals surface area contributed by atoms with Crippen molar-refractivity contribution in [3.63, 3.8) is 0 Å². The number of carbonyl (C=O) groups is 2. The summed E-state index contributed by atoms with van der Waals surface area (Å²) in [5.74, 6) is 0.165. The van der Waals surface area contributed by atoms with Gasteiger partial charge in [-0.05, 0) is 60.7 Å². The largest absolute Gasteiger partial charge is 0.451 e. The average molecular weight is 566 g/mol. The third-order valence-electron chi connectivity index (χ3n) is 5.73. The molecule has 0 bridgehead atoms. The van der Waals surface area contributed by atoms with Crippen LogP contribution in [0.15, 0.2) is 52.9 Å². The Morgan fingerprint density at radius 1 is 0.972 bits per heavy atom. The molecule has 0 spiro atoms. The highest BCUT2D eigenvalue weighted by molar-refractivity contribution is 7.80.